The van der Waals surface area contributed by atoms with E-state index in [4.69, 9.17) is 6.00 Å². The van der Waals surface area contributed by atoms with Crippen LogP contribution >= 0.6 is 0 Å². The first kappa shape index (κ1) is 5.53. The minimum atomic E-state index is -4.00. The summed E-state index contributed by atoms with van der Waals surface area (Å²) in [6.07, 6.45) is 0. The van der Waals surface area contributed by atoms with Crippen molar-refractivity contribution in [3.8, 4) is 0 Å². The van der Waals surface area contributed by atoms with Crippen molar-refractivity contribution in [2.45, 2.75) is 0 Å². The Morgan fingerprint density at radius 2 is 2.20 bits per heavy atom. The second-order valence-corrected chi connectivity index (χ2v) is 2.03. The molecular weight excluding hydrogens is 158 g/mol. The molecule has 0 bridgehead atoms. The molecule has 0 aromatic carbocycles. The maximum absolute atomic E-state index is 10.1. The van der Waals surface area contributed by atoms with Crippen molar-refractivity contribution in [1.29, 1.82) is 0 Å². The van der Waals surface area contributed by atoms with Crippen molar-refractivity contribution in [3.63, 3.8) is 0 Å². The van der Waals surface area contributed by atoms with Gasteiger partial charge in [-0.15, -0.1) is 0 Å². The third-order valence-corrected chi connectivity index (χ3v) is 0.390. The molecule has 3 nitrogen and oxygen atoms in total. The van der Waals surface area contributed by atoms with Gasteiger partial charge in [-0.05, 0) is 0 Å². The Bertz CT molecular complexity index is 42.2. The van der Waals surface area contributed by atoms with E-state index in [1.165, 1.54) is 0 Å². The van der Waals surface area contributed by atoms with E-state index in [2.05, 4.69) is 3.02 Å². The van der Waals surface area contributed by atoms with Crippen LogP contribution in [0.3, 0.4) is 0 Å². The zero-order valence-corrected chi connectivity index (χ0v) is 4.60. The molecule has 0 rings (SSSR count). The number of rotatable bonds is 1. The fraction of sp³-hybridized carbons (Fsp3) is 0. The topological polar surface area (TPSA) is 46.5 Å². The van der Waals surface area contributed by atoms with E-state index in [-0.39, 0.29) is 0 Å². The molecule has 0 atom stereocenters. The first-order valence-electron chi connectivity index (χ1n) is 0.786. The van der Waals surface area contributed by atoms with Crippen LogP contribution in [0.25, 0.3) is 0 Å². The van der Waals surface area contributed by atoms with E-state index in [1.54, 1.807) is 0 Å². The van der Waals surface area contributed by atoms with E-state index in [9.17, 15) is 4.53 Å². The third kappa shape index (κ3) is 4.53. The van der Waals surface area contributed by atoms with Gasteiger partial charge in [0.05, 0.1) is 0 Å². The summed E-state index contributed by atoms with van der Waals surface area (Å²) in [4.78, 5) is 0. The minimum absolute atomic E-state index is 2.45. The van der Waals surface area contributed by atoms with Crippen LogP contribution in [-0.2, 0) is 28.5 Å². The predicted molar refractivity (Wildman–Crippen MR) is 5.10 cm³/mol. The summed E-state index contributed by atoms with van der Waals surface area (Å²) in [7, 11) is 0. The quantitative estimate of drug-likeness (QED) is 0.570. The van der Waals surface area contributed by atoms with Gasteiger partial charge in [-0.25, -0.2) is 0 Å². The second-order valence-electron chi connectivity index (χ2n) is 0.343. The summed E-state index contributed by atoms with van der Waals surface area (Å²) in [6.45, 7) is 0. The van der Waals surface area contributed by atoms with Gasteiger partial charge in [0.15, 0.2) is 0 Å². The molecule has 5 heavy (non-hydrogen) atoms. The average Bonchev–Trinajstić information content (AvgIpc) is 1.38. The molecule has 0 aliphatic carbocycles. The van der Waals surface area contributed by atoms with Gasteiger partial charge in [0.25, 0.3) is 0 Å². The Hall–Kier alpha value is 0.533. The fourth-order valence-corrected chi connectivity index (χ4v) is 0. The summed E-state index contributed by atoms with van der Waals surface area (Å²) < 4.78 is 29.0. The van der Waals surface area contributed by atoms with Gasteiger partial charge < -0.3 is 0 Å². The van der Waals surface area contributed by atoms with Crippen LogP contribution in [0.15, 0.2) is 0 Å². The normalized spacial score (nSPS) is 7.60. The van der Waals surface area contributed by atoms with Crippen molar-refractivity contribution in [1.82, 2.24) is 0 Å². The zero-order chi connectivity index (χ0) is 4.28. The maximum atomic E-state index is 10.1. The van der Waals surface area contributed by atoms with Crippen LogP contribution in [0, 0.1) is 0 Å². The van der Waals surface area contributed by atoms with Gasteiger partial charge in [0, 0.05) is 0 Å². The van der Waals surface area contributed by atoms with Gasteiger partial charge >= 0.3 is 36.2 Å². The molecule has 0 aromatic heterocycles. The first-order valence-corrected chi connectivity index (χ1v) is 3.89. The van der Waals surface area contributed by atoms with E-state index in [0.29, 0.717) is 0 Å². The molecule has 0 aromatic rings. The molecule has 30 valence electrons. The molecule has 0 amide bonds. The third-order valence-electron chi connectivity index (χ3n) is 0.0660. The molecule has 0 aliphatic heterocycles. The van der Waals surface area contributed by atoms with Gasteiger partial charge in [0.2, 0.25) is 0 Å². The van der Waals surface area contributed by atoms with Crippen LogP contribution < -0.4 is 0 Å². The zero-order valence-electron chi connectivity index (χ0n) is 2.14. The molecule has 0 spiro atoms. The summed E-state index contributed by atoms with van der Waals surface area (Å²) in [5, 5.41) is 0. The predicted octanol–water partition coefficient (Wildman–Crippen LogP) is -0.327. The van der Waals surface area contributed by atoms with Crippen LogP contribution in [0.4, 0.5) is 4.53 Å². The molecule has 0 saturated heterocycles. The Morgan fingerprint density at radius 3 is 2.20 bits per heavy atom. The second kappa shape index (κ2) is 2.75. The Balaban J connectivity index is 2.85. The Kier molecular flexibility index (Phi) is 3.05. The van der Waals surface area contributed by atoms with Gasteiger partial charge in [-0.1, -0.05) is 0 Å². The molecule has 0 heterocycles. The Labute approximate surface area is 36.6 Å². The van der Waals surface area contributed by atoms with E-state index < -0.39 is 22.6 Å². The van der Waals surface area contributed by atoms with Crippen LogP contribution in [0.5, 0.6) is 0 Å². The van der Waals surface area contributed by atoms with Crippen LogP contribution in [0.1, 0.15) is 0 Å². The van der Waals surface area contributed by atoms with Crippen molar-refractivity contribution in [2.75, 3.05) is 0 Å². The van der Waals surface area contributed by atoms with Crippen molar-refractivity contribution in [2.24, 2.45) is 0 Å². The fourth-order valence-electron chi connectivity index (χ4n) is 0. The first-order chi connectivity index (χ1) is 2.27. The molecule has 0 unspecified atom stereocenters. The number of hydrogen-bond donors (Lipinski definition) is 1. The number of hydrogen-bond acceptors (Lipinski definition) is 2. The van der Waals surface area contributed by atoms with Crippen molar-refractivity contribution < 1.29 is 36.2 Å². The molecular formula is HFO3Zr. The number of halogens is 1. The van der Waals surface area contributed by atoms with E-state index in [1.807, 2.05) is 0 Å². The van der Waals surface area contributed by atoms with Gasteiger partial charge in [-0.2, -0.15) is 0 Å². The van der Waals surface area contributed by atoms with E-state index in [0.717, 1.165) is 0 Å². The molecule has 5 heteroatoms. The summed E-state index contributed by atoms with van der Waals surface area (Å²) in [6, 6.07) is 0. The van der Waals surface area contributed by atoms with Crippen LogP contribution in [0.2, 0.25) is 0 Å². The van der Waals surface area contributed by atoms with Crippen LogP contribution in [-0.4, -0.2) is 3.18 Å². The van der Waals surface area contributed by atoms with Crippen molar-refractivity contribution in [3.05, 3.63) is 0 Å². The molecule has 0 fully saturated rings. The Morgan fingerprint density at radius 1 is 2.00 bits per heavy atom. The summed E-state index contributed by atoms with van der Waals surface area (Å²) in [5.41, 5.74) is 0. The summed E-state index contributed by atoms with van der Waals surface area (Å²) in [5.74, 6) is 0. The molecule has 0 saturated carbocycles. The van der Waals surface area contributed by atoms with E-state index >= 15 is 0 Å². The molecule has 1 N–H and O–H groups in total. The van der Waals surface area contributed by atoms with Crippen molar-refractivity contribution >= 4 is 0 Å². The monoisotopic (exact) mass is 158 g/mol. The summed E-state index contributed by atoms with van der Waals surface area (Å²) >= 11 is -4.00. The molecule has 0 radical (unpaired) electrons. The van der Waals surface area contributed by atoms with Gasteiger partial charge in [-0.3, -0.25) is 0 Å². The van der Waals surface area contributed by atoms with Gasteiger partial charge in [0.1, 0.15) is 0 Å². The average molecular weight is 159 g/mol. The standard InChI is InChI=1S/FO.H2O.O.Zr/c1-2;;;/h;1H2;;/q-1;;;+2/p-1. The SMILES string of the molecule is [O]=[Zr]([OH])[O]F. The molecule has 0 aliphatic rings.